The van der Waals surface area contributed by atoms with E-state index < -0.39 is 22.5 Å². The second-order valence-corrected chi connectivity index (χ2v) is 10.0. The average Bonchev–Trinajstić information content (AvgIpc) is 3.36. The molecule has 11 heteroatoms. The van der Waals surface area contributed by atoms with Crippen LogP contribution in [0.4, 0.5) is 10.8 Å². The lowest BCUT2D eigenvalue weighted by Gasteiger charge is -2.25. The summed E-state index contributed by atoms with van der Waals surface area (Å²) in [7, 11) is -1.21. The molecule has 180 valence electrons. The van der Waals surface area contributed by atoms with Crippen LogP contribution < -0.4 is 19.1 Å². The number of aromatic nitrogens is 2. The van der Waals surface area contributed by atoms with Crippen molar-refractivity contribution in [2.75, 3.05) is 30.4 Å². The Kier molecular flexibility index (Phi) is 7.28. The quantitative estimate of drug-likeness (QED) is 0.362. The van der Waals surface area contributed by atoms with Gasteiger partial charge in [0.05, 0.1) is 24.8 Å². The molecule has 35 heavy (non-hydrogen) atoms. The minimum atomic E-state index is -4.13. The van der Waals surface area contributed by atoms with Gasteiger partial charge in [0.1, 0.15) is 23.1 Å². The minimum absolute atomic E-state index is 0.000662. The Morgan fingerprint density at radius 3 is 2.29 bits per heavy atom. The van der Waals surface area contributed by atoms with Gasteiger partial charge in [0.25, 0.3) is 10.0 Å². The predicted octanol–water partition coefficient (Wildman–Crippen LogP) is 4.06. The van der Waals surface area contributed by atoms with Gasteiger partial charge < -0.3 is 9.47 Å². The third kappa shape index (κ3) is 5.42. The fourth-order valence-electron chi connectivity index (χ4n) is 3.27. The molecule has 0 aliphatic carbocycles. The minimum Gasteiger partial charge on any atom is -0.497 e. The molecular formula is C24H22N4O5S2. The molecule has 3 aromatic carbocycles. The number of sulfonamides is 1. The summed E-state index contributed by atoms with van der Waals surface area (Å²) < 4.78 is 38.7. The van der Waals surface area contributed by atoms with Crippen molar-refractivity contribution in [1.82, 2.24) is 10.2 Å². The summed E-state index contributed by atoms with van der Waals surface area (Å²) in [6.07, 6.45) is 0. The van der Waals surface area contributed by atoms with Gasteiger partial charge in [-0.25, -0.2) is 8.42 Å². The fourth-order valence-corrected chi connectivity index (χ4v) is 5.47. The van der Waals surface area contributed by atoms with Gasteiger partial charge in [0, 0.05) is 5.56 Å². The van der Waals surface area contributed by atoms with E-state index in [4.69, 9.17) is 9.47 Å². The van der Waals surface area contributed by atoms with Crippen LogP contribution in [-0.4, -0.2) is 45.3 Å². The van der Waals surface area contributed by atoms with E-state index >= 15 is 0 Å². The molecule has 0 atom stereocenters. The zero-order valence-corrected chi connectivity index (χ0v) is 20.5. The Morgan fingerprint density at radius 2 is 1.60 bits per heavy atom. The van der Waals surface area contributed by atoms with Crippen LogP contribution in [0.2, 0.25) is 0 Å². The first-order chi connectivity index (χ1) is 16.9. The molecule has 0 saturated heterocycles. The number of rotatable bonds is 9. The Morgan fingerprint density at radius 1 is 0.914 bits per heavy atom. The second kappa shape index (κ2) is 10.5. The lowest BCUT2D eigenvalue weighted by Crippen LogP contribution is -2.38. The lowest BCUT2D eigenvalue weighted by molar-refractivity contribution is -0.114. The number of ether oxygens (including phenoxy) is 2. The molecular weight excluding hydrogens is 488 g/mol. The summed E-state index contributed by atoms with van der Waals surface area (Å²) in [6, 6.07) is 21.9. The summed E-state index contributed by atoms with van der Waals surface area (Å²) >= 11 is 1.19. The molecule has 4 aromatic rings. The van der Waals surface area contributed by atoms with E-state index in [2.05, 4.69) is 15.5 Å². The maximum Gasteiger partial charge on any atom is 0.264 e. The van der Waals surface area contributed by atoms with Gasteiger partial charge in [-0.05, 0) is 36.4 Å². The number of anilines is 2. The number of para-hydroxylation sites is 2. The first kappa shape index (κ1) is 24.2. The molecule has 0 saturated carbocycles. The number of nitrogens with one attached hydrogen (secondary N) is 1. The molecule has 0 spiro atoms. The van der Waals surface area contributed by atoms with Crippen LogP contribution in [0, 0.1) is 0 Å². The van der Waals surface area contributed by atoms with Gasteiger partial charge in [-0.15, -0.1) is 10.2 Å². The van der Waals surface area contributed by atoms with Crippen LogP contribution in [0.3, 0.4) is 0 Å². The Balaban J connectivity index is 1.63. The average molecular weight is 511 g/mol. The SMILES string of the molecule is COc1ccc(S(=O)(=O)N(CC(=O)Nc2nnc(-c3ccccc3)s2)c2ccccc2OC)cc1. The van der Waals surface area contributed by atoms with Crippen molar-refractivity contribution < 1.29 is 22.7 Å². The van der Waals surface area contributed by atoms with Gasteiger partial charge in [0.15, 0.2) is 0 Å². The molecule has 0 fully saturated rings. The standard InChI is InChI=1S/C24H22N4O5S2/c1-32-18-12-14-19(15-13-18)35(30,31)28(20-10-6-7-11-21(20)33-2)16-22(29)25-24-27-26-23(34-24)17-8-4-3-5-9-17/h3-15H,16H2,1-2H3,(H,25,27,29). The summed E-state index contributed by atoms with van der Waals surface area (Å²) in [6.45, 7) is -0.505. The Hall–Kier alpha value is -3.96. The van der Waals surface area contributed by atoms with E-state index in [9.17, 15) is 13.2 Å². The second-order valence-electron chi connectivity index (χ2n) is 7.19. The largest absolute Gasteiger partial charge is 0.497 e. The number of benzene rings is 3. The number of amides is 1. The Bertz CT molecular complexity index is 1410. The van der Waals surface area contributed by atoms with Crippen molar-refractivity contribution in [1.29, 1.82) is 0 Å². The van der Waals surface area contributed by atoms with E-state index in [-0.39, 0.29) is 15.7 Å². The molecule has 1 aromatic heterocycles. The first-order valence-corrected chi connectivity index (χ1v) is 12.7. The highest BCUT2D eigenvalue weighted by Gasteiger charge is 2.29. The molecule has 0 aliphatic heterocycles. The number of hydrogen-bond acceptors (Lipinski definition) is 8. The summed E-state index contributed by atoms with van der Waals surface area (Å²) in [4.78, 5) is 13.0. The third-order valence-corrected chi connectivity index (χ3v) is 7.64. The summed E-state index contributed by atoms with van der Waals surface area (Å²) in [5.41, 5.74) is 1.09. The zero-order chi connectivity index (χ0) is 24.8. The summed E-state index contributed by atoms with van der Waals surface area (Å²) in [5, 5.41) is 11.7. The van der Waals surface area contributed by atoms with Crippen molar-refractivity contribution in [2.24, 2.45) is 0 Å². The van der Waals surface area contributed by atoms with E-state index in [1.165, 1.54) is 37.7 Å². The molecule has 1 heterocycles. The number of methoxy groups -OCH3 is 2. The van der Waals surface area contributed by atoms with Crippen molar-refractivity contribution in [3.8, 4) is 22.1 Å². The van der Waals surface area contributed by atoms with Gasteiger partial charge in [0.2, 0.25) is 11.0 Å². The highest BCUT2D eigenvalue weighted by Crippen LogP contribution is 2.33. The zero-order valence-electron chi connectivity index (χ0n) is 18.9. The maximum absolute atomic E-state index is 13.6. The molecule has 0 radical (unpaired) electrons. The molecule has 1 N–H and O–H groups in total. The van der Waals surface area contributed by atoms with Crippen LogP contribution in [0.25, 0.3) is 10.6 Å². The first-order valence-electron chi connectivity index (χ1n) is 10.4. The number of carbonyl (C=O) groups is 1. The van der Waals surface area contributed by atoms with E-state index in [0.717, 1.165) is 9.87 Å². The van der Waals surface area contributed by atoms with Gasteiger partial charge >= 0.3 is 0 Å². The molecule has 0 aliphatic rings. The Labute approximate surface area is 207 Å². The molecule has 9 nitrogen and oxygen atoms in total. The lowest BCUT2D eigenvalue weighted by atomic mass is 10.2. The maximum atomic E-state index is 13.6. The molecule has 0 bridgehead atoms. The van der Waals surface area contributed by atoms with Crippen molar-refractivity contribution >= 4 is 38.1 Å². The molecule has 4 rings (SSSR count). The van der Waals surface area contributed by atoms with Gasteiger partial charge in [-0.1, -0.05) is 53.8 Å². The van der Waals surface area contributed by atoms with Crippen LogP contribution >= 0.6 is 11.3 Å². The van der Waals surface area contributed by atoms with Gasteiger partial charge in [-0.2, -0.15) is 0 Å². The van der Waals surface area contributed by atoms with E-state index in [0.29, 0.717) is 16.5 Å². The topological polar surface area (TPSA) is 111 Å². The van der Waals surface area contributed by atoms with Crippen LogP contribution in [-0.2, 0) is 14.8 Å². The smallest absolute Gasteiger partial charge is 0.264 e. The highest BCUT2D eigenvalue weighted by molar-refractivity contribution is 7.92. The van der Waals surface area contributed by atoms with Crippen molar-refractivity contribution in [2.45, 2.75) is 4.90 Å². The van der Waals surface area contributed by atoms with Crippen molar-refractivity contribution in [3.05, 3.63) is 78.9 Å². The van der Waals surface area contributed by atoms with E-state index in [1.54, 1.807) is 36.4 Å². The summed E-state index contributed by atoms with van der Waals surface area (Å²) in [5.74, 6) is 0.236. The van der Waals surface area contributed by atoms with Gasteiger partial charge in [-0.3, -0.25) is 14.4 Å². The third-order valence-electron chi connectivity index (χ3n) is 4.98. The fraction of sp³-hybridized carbons (Fsp3) is 0.125. The predicted molar refractivity (Wildman–Crippen MR) is 134 cm³/mol. The van der Waals surface area contributed by atoms with E-state index in [1.807, 2.05) is 30.3 Å². The normalized spacial score (nSPS) is 11.0. The van der Waals surface area contributed by atoms with Crippen LogP contribution in [0.1, 0.15) is 0 Å². The number of nitrogens with zero attached hydrogens (tertiary/aromatic N) is 3. The molecule has 1 amide bonds. The van der Waals surface area contributed by atoms with Crippen molar-refractivity contribution in [3.63, 3.8) is 0 Å². The van der Waals surface area contributed by atoms with Crippen LogP contribution in [0.5, 0.6) is 11.5 Å². The monoisotopic (exact) mass is 510 g/mol. The number of hydrogen-bond donors (Lipinski definition) is 1. The number of carbonyl (C=O) groups excluding carboxylic acids is 1. The molecule has 0 unspecified atom stereocenters. The highest BCUT2D eigenvalue weighted by atomic mass is 32.2. The van der Waals surface area contributed by atoms with Crippen LogP contribution in [0.15, 0.2) is 83.8 Å².